The highest BCUT2D eigenvalue weighted by atomic mass is 32.2. The molecule has 0 atom stereocenters. The van der Waals surface area contributed by atoms with Gasteiger partial charge in [0.15, 0.2) is 0 Å². The maximum atomic E-state index is 11.4. The molecule has 0 saturated heterocycles. The Morgan fingerprint density at radius 2 is 2.12 bits per heavy atom. The first-order valence-electron chi connectivity index (χ1n) is 5.61. The quantitative estimate of drug-likeness (QED) is 0.655. The van der Waals surface area contributed by atoms with Crippen LogP contribution in [0.15, 0.2) is 18.5 Å². The van der Waals surface area contributed by atoms with Crippen molar-refractivity contribution in [2.24, 2.45) is 0 Å². The van der Waals surface area contributed by atoms with Crippen molar-refractivity contribution in [3.8, 4) is 0 Å². The molecule has 17 heavy (non-hydrogen) atoms. The lowest BCUT2D eigenvalue weighted by atomic mass is 10.4. The number of aromatic nitrogens is 2. The summed E-state index contributed by atoms with van der Waals surface area (Å²) in [5.41, 5.74) is 0. The van der Waals surface area contributed by atoms with Crippen molar-refractivity contribution < 1.29 is 8.42 Å². The highest BCUT2D eigenvalue weighted by Crippen LogP contribution is 1.95. The summed E-state index contributed by atoms with van der Waals surface area (Å²) >= 11 is 0. The molecule has 0 spiro atoms. The van der Waals surface area contributed by atoms with Gasteiger partial charge in [-0.25, -0.2) is 12.7 Å². The summed E-state index contributed by atoms with van der Waals surface area (Å²) in [4.78, 5) is 0. The minimum absolute atomic E-state index is 0.189. The maximum absolute atomic E-state index is 11.4. The molecule has 1 N–H and O–H groups in total. The fraction of sp³-hybridized carbons (Fsp3) is 0.700. The van der Waals surface area contributed by atoms with Gasteiger partial charge in [0.25, 0.3) is 0 Å². The SMILES string of the molecule is CN(C)S(=O)(=O)CCCNCCn1cccn1. The van der Waals surface area contributed by atoms with Crippen LogP contribution in [0.25, 0.3) is 0 Å². The van der Waals surface area contributed by atoms with Crippen LogP contribution in [0.2, 0.25) is 0 Å². The fourth-order valence-electron chi connectivity index (χ4n) is 1.31. The molecule has 0 fully saturated rings. The van der Waals surface area contributed by atoms with Gasteiger partial charge in [0.1, 0.15) is 0 Å². The molecule has 0 radical (unpaired) electrons. The van der Waals surface area contributed by atoms with E-state index in [2.05, 4.69) is 10.4 Å². The van der Waals surface area contributed by atoms with E-state index in [4.69, 9.17) is 0 Å². The molecular weight excluding hydrogens is 240 g/mol. The van der Waals surface area contributed by atoms with Crippen LogP contribution in [0.4, 0.5) is 0 Å². The average molecular weight is 260 g/mol. The molecule has 0 aliphatic rings. The summed E-state index contributed by atoms with van der Waals surface area (Å²) in [6, 6.07) is 1.88. The standard InChI is InChI=1S/C10H20N4O2S/c1-13(2)17(15,16)10-4-5-11-7-9-14-8-3-6-12-14/h3,6,8,11H,4-5,7,9-10H2,1-2H3. The van der Waals surface area contributed by atoms with E-state index in [0.29, 0.717) is 13.0 Å². The first kappa shape index (κ1) is 14.1. The molecule has 1 aromatic rings. The topological polar surface area (TPSA) is 67.2 Å². The number of sulfonamides is 1. The van der Waals surface area contributed by atoms with Gasteiger partial charge in [-0.3, -0.25) is 4.68 Å². The Balaban J connectivity index is 2.05. The molecule has 0 amide bonds. The van der Waals surface area contributed by atoms with E-state index >= 15 is 0 Å². The number of rotatable bonds is 8. The molecule has 0 saturated carbocycles. The van der Waals surface area contributed by atoms with Crippen LogP contribution >= 0.6 is 0 Å². The maximum Gasteiger partial charge on any atom is 0.213 e. The Bertz CT molecular complexity index is 400. The van der Waals surface area contributed by atoms with Crippen LogP contribution in [-0.4, -0.2) is 55.4 Å². The first-order valence-corrected chi connectivity index (χ1v) is 7.21. The Kier molecular flexibility index (Phi) is 5.60. The van der Waals surface area contributed by atoms with Gasteiger partial charge in [-0.2, -0.15) is 5.10 Å². The Morgan fingerprint density at radius 1 is 1.35 bits per heavy atom. The molecule has 0 unspecified atom stereocenters. The molecule has 0 aliphatic carbocycles. The van der Waals surface area contributed by atoms with Crippen molar-refractivity contribution >= 4 is 10.0 Å². The second-order valence-corrected chi connectivity index (χ2v) is 6.27. The third-order valence-electron chi connectivity index (χ3n) is 2.39. The Morgan fingerprint density at radius 3 is 2.71 bits per heavy atom. The van der Waals surface area contributed by atoms with E-state index < -0.39 is 10.0 Å². The normalized spacial score (nSPS) is 12.2. The molecular formula is C10H20N4O2S. The molecule has 0 aromatic carbocycles. The van der Waals surface area contributed by atoms with Crippen LogP contribution in [0.3, 0.4) is 0 Å². The van der Waals surface area contributed by atoms with Crippen LogP contribution in [0.1, 0.15) is 6.42 Å². The zero-order valence-corrected chi connectivity index (χ0v) is 11.2. The van der Waals surface area contributed by atoms with Crippen LogP contribution in [-0.2, 0) is 16.6 Å². The lowest BCUT2D eigenvalue weighted by molar-refractivity contribution is 0.513. The predicted octanol–water partition coefficient (Wildman–Crippen LogP) is -0.246. The van der Waals surface area contributed by atoms with E-state index in [0.717, 1.165) is 13.1 Å². The summed E-state index contributed by atoms with van der Waals surface area (Å²) in [6.07, 6.45) is 4.27. The molecule has 6 nitrogen and oxygen atoms in total. The van der Waals surface area contributed by atoms with E-state index in [1.807, 2.05) is 16.9 Å². The third kappa shape index (κ3) is 5.29. The second kappa shape index (κ2) is 6.73. The predicted molar refractivity (Wildman–Crippen MR) is 67.2 cm³/mol. The summed E-state index contributed by atoms with van der Waals surface area (Å²) in [5.74, 6) is 0.189. The monoisotopic (exact) mass is 260 g/mol. The van der Waals surface area contributed by atoms with Gasteiger partial charge in [-0.15, -0.1) is 0 Å². The summed E-state index contributed by atoms with van der Waals surface area (Å²) in [6.45, 7) is 2.30. The number of hydrogen-bond acceptors (Lipinski definition) is 4. The van der Waals surface area contributed by atoms with Crippen LogP contribution in [0, 0.1) is 0 Å². The smallest absolute Gasteiger partial charge is 0.213 e. The van der Waals surface area contributed by atoms with Gasteiger partial charge >= 0.3 is 0 Å². The number of nitrogens with one attached hydrogen (secondary N) is 1. The molecule has 0 bridgehead atoms. The zero-order valence-electron chi connectivity index (χ0n) is 10.3. The minimum Gasteiger partial charge on any atom is -0.315 e. The lowest BCUT2D eigenvalue weighted by Crippen LogP contribution is -2.28. The molecule has 7 heteroatoms. The lowest BCUT2D eigenvalue weighted by Gasteiger charge is -2.11. The molecule has 98 valence electrons. The summed E-state index contributed by atoms with van der Waals surface area (Å²) in [5, 5.41) is 7.26. The zero-order chi connectivity index (χ0) is 12.7. The minimum atomic E-state index is -3.05. The Hall–Kier alpha value is -0.920. The Labute approximate surface area is 103 Å². The van der Waals surface area contributed by atoms with Crippen molar-refractivity contribution in [3.63, 3.8) is 0 Å². The highest BCUT2D eigenvalue weighted by molar-refractivity contribution is 7.89. The van der Waals surface area contributed by atoms with E-state index in [1.54, 1.807) is 20.3 Å². The molecule has 0 aliphatic heterocycles. The number of hydrogen-bond donors (Lipinski definition) is 1. The van der Waals surface area contributed by atoms with E-state index in [9.17, 15) is 8.42 Å². The van der Waals surface area contributed by atoms with Crippen molar-refractivity contribution in [1.29, 1.82) is 0 Å². The summed E-state index contributed by atoms with van der Waals surface area (Å²) < 4.78 is 26.0. The average Bonchev–Trinajstić information content (AvgIpc) is 2.75. The fourth-order valence-corrected chi connectivity index (χ4v) is 2.19. The number of nitrogens with zero attached hydrogens (tertiary/aromatic N) is 3. The largest absolute Gasteiger partial charge is 0.315 e. The molecule has 1 aromatic heterocycles. The molecule has 1 rings (SSSR count). The van der Waals surface area contributed by atoms with Gasteiger partial charge in [0.2, 0.25) is 10.0 Å². The van der Waals surface area contributed by atoms with E-state index in [-0.39, 0.29) is 5.75 Å². The van der Waals surface area contributed by atoms with Crippen molar-refractivity contribution in [3.05, 3.63) is 18.5 Å². The van der Waals surface area contributed by atoms with Crippen LogP contribution in [0.5, 0.6) is 0 Å². The summed E-state index contributed by atoms with van der Waals surface area (Å²) in [7, 11) is 0.0592. The molecule has 1 heterocycles. The van der Waals surface area contributed by atoms with Gasteiger partial charge in [-0.05, 0) is 19.0 Å². The first-order chi connectivity index (χ1) is 8.02. The van der Waals surface area contributed by atoms with Crippen molar-refractivity contribution in [2.45, 2.75) is 13.0 Å². The van der Waals surface area contributed by atoms with Gasteiger partial charge in [0.05, 0.1) is 12.3 Å². The van der Waals surface area contributed by atoms with Gasteiger partial charge in [-0.1, -0.05) is 0 Å². The van der Waals surface area contributed by atoms with Gasteiger partial charge in [0, 0.05) is 33.0 Å². The van der Waals surface area contributed by atoms with Gasteiger partial charge < -0.3 is 5.32 Å². The van der Waals surface area contributed by atoms with Crippen molar-refractivity contribution in [2.75, 3.05) is 32.9 Å². The van der Waals surface area contributed by atoms with E-state index in [1.165, 1.54) is 4.31 Å². The van der Waals surface area contributed by atoms with Crippen molar-refractivity contribution in [1.82, 2.24) is 19.4 Å². The van der Waals surface area contributed by atoms with Crippen LogP contribution < -0.4 is 5.32 Å². The third-order valence-corrected chi connectivity index (χ3v) is 4.31. The second-order valence-electron chi connectivity index (χ2n) is 3.97. The highest BCUT2D eigenvalue weighted by Gasteiger charge is 2.11.